The smallest absolute Gasteiger partial charge is 0.248 e. The van der Waals surface area contributed by atoms with Gasteiger partial charge in [-0.15, -0.1) is 11.3 Å². The second-order valence-corrected chi connectivity index (χ2v) is 9.77. The molecule has 1 saturated carbocycles. The molecule has 3 rings (SSSR count). The number of nitrogens with one attached hydrogen (secondary N) is 1. The first-order chi connectivity index (χ1) is 16.4. The molecule has 2 amide bonds. The second kappa shape index (κ2) is 12.5. The van der Waals surface area contributed by atoms with Crippen molar-refractivity contribution in [3.8, 4) is 0 Å². The van der Waals surface area contributed by atoms with Crippen LogP contribution < -0.4 is 5.32 Å². The van der Waals surface area contributed by atoms with Crippen LogP contribution in [0.4, 0.5) is 4.39 Å². The van der Waals surface area contributed by atoms with Gasteiger partial charge in [0.1, 0.15) is 11.9 Å². The first-order valence-electron chi connectivity index (χ1n) is 11.8. The summed E-state index contributed by atoms with van der Waals surface area (Å²) in [4.78, 5) is 30.0. The summed E-state index contributed by atoms with van der Waals surface area (Å²) in [6, 6.07) is 8.78. The lowest BCUT2D eigenvalue weighted by Gasteiger charge is -2.34. The van der Waals surface area contributed by atoms with Crippen molar-refractivity contribution in [2.45, 2.75) is 64.5 Å². The van der Waals surface area contributed by atoms with E-state index >= 15 is 0 Å². The second-order valence-electron chi connectivity index (χ2n) is 8.73. The van der Waals surface area contributed by atoms with Gasteiger partial charge in [-0.2, -0.15) is 0 Å². The minimum absolute atomic E-state index is 0.0775. The third kappa shape index (κ3) is 7.00. The van der Waals surface area contributed by atoms with E-state index in [1.165, 1.54) is 29.9 Å². The van der Waals surface area contributed by atoms with Gasteiger partial charge in [-0.1, -0.05) is 55.7 Å². The molecule has 1 aromatic carbocycles. The molecule has 1 N–H and O–H groups in total. The lowest BCUT2D eigenvalue weighted by molar-refractivity contribution is -0.138. The molecule has 1 unspecified atom stereocenters. The van der Waals surface area contributed by atoms with Gasteiger partial charge in [0.15, 0.2) is 0 Å². The SMILES string of the molecule is C=C(C)C=C(C=CC)N(C(=O)Cc1cccs1)C(C(=O)NC1CCCCC1)c1ccc(F)cc1. The van der Waals surface area contributed by atoms with Crippen LogP contribution in [0.25, 0.3) is 0 Å². The van der Waals surface area contributed by atoms with Gasteiger partial charge >= 0.3 is 0 Å². The zero-order valence-electron chi connectivity index (χ0n) is 19.9. The third-order valence-corrected chi connectivity index (χ3v) is 6.70. The Bertz CT molecular complexity index is 1030. The summed E-state index contributed by atoms with van der Waals surface area (Å²) >= 11 is 1.50. The number of rotatable bonds is 9. The van der Waals surface area contributed by atoms with E-state index in [9.17, 15) is 14.0 Å². The van der Waals surface area contributed by atoms with Crippen molar-refractivity contribution in [2.75, 3.05) is 0 Å². The Morgan fingerprint density at radius 1 is 1.21 bits per heavy atom. The number of thiophene rings is 1. The number of amides is 2. The molecule has 1 aliphatic carbocycles. The zero-order valence-corrected chi connectivity index (χ0v) is 20.7. The van der Waals surface area contributed by atoms with Crippen molar-refractivity contribution in [1.82, 2.24) is 10.2 Å². The molecular weight excluding hydrogens is 447 g/mol. The van der Waals surface area contributed by atoms with Crippen LogP contribution in [0.2, 0.25) is 0 Å². The quantitative estimate of drug-likeness (QED) is 0.417. The molecule has 0 saturated heterocycles. The topological polar surface area (TPSA) is 49.4 Å². The van der Waals surface area contributed by atoms with Crippen molar-refractivity contribution in [3.05, 3.63) is 94.1 Å². The maximum atomic E-state index is 13.8. The summed E-state index contributed by atoms with van der Waals surface area (Å²) in [5.74, 6) is -0.853. The molecule has 2 aromatic rings. The lowest BCUT2D eigenvalue weighted by Crippen LogP contribution is -2.47. The predicted octanol–water partition coefficient (Wildman–Crippen LogP) is 6.48. The number of hydrogen-bond donors (Lipinski definition) is 1. The molecule has 0 aliphatic heterocycles. The van der Waals surface area contributed by atoms with Crippen molar-refractivity contribution in [2.24, 2.45) is 0 Å². The van der Waals surface area contributed by atoms with Crippen molar-refractivity contribution in [1.29, 1.82) is 0 Å². The van der Waals surface area contributed by atoms with E-state index in [1.54, 1.807) is 23.1 Å². The highest BCUT2D eigenvalue weighted by molar-refractivity contribution is 7.10. The van der Waals surface area contributed by atoms with Crippen LogP contribution in [0, 0.1) is 5.82 Å². The fraction of sp³-hybridized carbons (Fsp3) is 0.357. The Morgan fingerprint density at radius 3 is 2.50 bits per heavy atom. The van der Waals surface area contributed by atoms with Crippen molar-refractivity contribution in [3.63, 3.8) is 0 Å². The number of halogens is 1. The monoisotopic (exact) mass is 480 g/mol. The Labute approximate surface area is 205 Å². The molecule has 180 valence electrons. The van der Waals surface area contributed by atoms with Gasteiger partial charge in [0.05, 0.1) is 6.42 Å². The number of nitrogens with zero attached hydrogens (tertiary/aromatic N) is 1. The van der Waals surface area contributed by atoms with E-state index in [0.29, 0.717) is 11.3 Å². The minimum Gasteiger partial charge on any atom is -0.351 e. The van der Waals surface area contributed by atoms with E-state index < -0.39 is 11.9 Å². The molecule has 1 heterocycles. The Morgan fingerprint density at radius 2 is 1.91 bits per heavy atom. The Hall–Kier alpha value is -2.99. The normalized spacial score (nSPS) is 15.8. The number of carbonyl (C=O) groups excluding carboxylic acids is 2. The van der Waals surface area contributed by atoms with Crippen LogP contribution in [0.1, 0.15) is 62.4 Å². The number of hydrogen-bond acceptors (Lipinski definition) is 3. The largest absolute Gasteiger partial charge is 0.351 e. The first-order valence-corrected chi connectivity index (χ1v) is 12.7. The molecule has 6 heteroatoms. The summed E-state index contributed by atoms with van der Waals surface area (Å²) in [6.07, 6.45) is 10.8. The number of benzene rings is 1. The molecule has 0 spiro atoms. The number of allylic oxidation sites excluding steroid dienone is 4. The van der Waals surface area contributed by atoms with Crippen LogP contribution >= 0.6 is 11.3 Å². The van der Waals surface area contributed by atoms with Crippen LogP contribution in [-0.2, 0) is 16.0 Å². The molecular formula is C28H33FN2O2S. The van der Waals surface area contributed by atoms with Crippen molar-refractivity contribution >= 4 is 23.2 Å². The van der Waals surface area contributed by atoms with Crippen LogP contribution in [0.3, 0.4) is 0 Å². The fourth-order valence-electron chi connectivity index (χ4n) is 4.30. The van der Waals surface area contributed by atoms with E-state index in [0.717, 1.165) is 36.1 Å². The van der Waals surface area contributed by atoms with Crippen LogP contribution in [-0.4, -0.2) is 22.8 Å². The third-order valence-electron chi connectivity index (χ3n) is 5.83. The van der Waals surface area contributed by atoms with Crippen molar-refractivity contribution < 1.29 is 14.0 Å². The minimum atomic E-state index is -0.934. The van der Waals surface area contributed by atoms with Crippen LogP contribution in [0.5, 0.6) is 0 Å². The number of carbonyl (C=O) groups is 2. The zero-order chi connectivity index (χ0) is 24.5. The summed E-state index contributed by atoms with van der Waals surface area (Å²) in [7, 11) is 0. The molecule has 4 nitrogen and oxygen atoms in total. The van der Waals surface area contributed by atoms with Crippen LogP contribution in [0.15, 0.2) is 77.9 Å². The summed E-state index contributed by atoms with van der Waals surface area (Å²) < 4.78 is 13.8. The maximum absolute atomic E-state index is 13.8. The highest BCUT2D eigenvalue weighted by Gasteiger charge is 2.34. The molecule has 0 bridgehead atoms. The molecule has 1 aromatic heterocycles. The molecule has 1 fully saturated rings. The van der Waals surface area contributed by atoms with Gasteiger partial charge in [-0.3, -0.25) is 14.5 Å². The summed E-state index contributed by atoms with van der Waals surface area (Å²) in [5, 5.41) is 5.11. The van der Waals surface area contributed by atoms with Gasteiger partial charge in [0.2, 0.25) is 11.8 Å². The van der Waals surface area contributed by atoms with Gasteiger partial charge in [-0.25, -0.2) is 4.39 Å². The highest BCUT2D eigenvalue weighted by Crippen LogP contribution is 2.30. The summed E-state index contributed by atoms with van der Waals surface area (Å²) in [5.41, 5.74) is 1.89. The predicted molar refractivity (Wildman–Crippen MR) is 137 cm³/mol. The maximum Gasteiger partial charge on any atom is 0.248 e. The van der Waals surface area contributed by atoms with Gasteiger partial charge in [0.25, 0.3) is 0 Å². The molecule has 0 radical (unpaired) electrons. The Balaban J connectivity index is 2.07. The molecule has 1 atom stereocenters. The molecule has 1 aliphatic rings. The van der Waals surface area contributed by atoms with Gasteiger partial charge in [-0.05, 0) is 68.0 Å². The Kier molecular flexibility index (Phi) is 9.40. The van der Waals surface area contributed by atoms with E-state index in [1.807, 2.05) is 43.5 Å². The highest BCUT2D eigenvalue weighted by atomic mass is 32.1. The van der Waals surface area contributed by atoms with E-state index in [-0.39, 0.29) is 24.3 Å². The average molecular weight is 481 g/mol. The average Bonchev–Trinajstić information content (AvgIpc) is 3.31. The molecule has 34 heavy (non-hydrogen) atoms. The summed E-state index contributed by atoms with van der Waals surface area (Å²) in [6.45, 7) is 7.69. The van der Waals surface area contributed by atoms with E-state index in [2.05, 4.69) is 11.9 Å². The van der Waals surface area contributed by atoms with E-state index in [4.69, 9.17) is 0 Å². The standard InChI is InChI=1S/C28H33FN2O2S/c1-4-9-24(18-20(2)3)31(26(32)19-25-12-8-17-34-25)27(21-13-15-22(29)16-14-21)28(33)30-23-10-6-5-7-11-23/h4,8-9,12-18,23,27H,2,5-7,10-11,19H2,1,3H3,(H,30,33). The fourth-order valence-corrected chi connectivity index (χ4v) is 4.99. The lowest BCUT2D eigenvalue weighted by atomic mass is 9.94. The van der Waals surface area contributed by atoms with Gasteiger partial charge < -0.3 is 5.32 Å². The first kappa shape index (κ1) is 25.6. The van der Waals surface area contributed by atoms with Gasteiger partial charge in [0, 0.05) is 16.6 Å².